The number of hydrogen-bond donors (Lipinski definition) is 2. The number of carbonyl (C=O) groups excluding carboxylic acids is 1. The minimum atomic E-state index is -0.0300. The first-order valence-corrected chi connectivity index (χ1v) is 5.31. The Morgan fingerprint density at radius 2 is 2.00 bits per heavy atom. The predicted molar refractivity (Wildman–Crippen MR) is 64.2 cm³/mol. The number of piperidine rings is 1. The number of nitrogens with one attached hydrogen (secondary N) is 1. The molecule has 1 fully saturated rings. The van der Waals surface area contributed by atoms with Gasteiger partial charge in [-0.2, -0.15) is 0 Å². The summed E-state index contributed by atoms with van der Waals surface area (Å²) in [6.45, 7) is 7.11. The van der Waals surface area contributed by atoms with Gasteiger partial charge >= 0.3 is 0 Å². The highest BCUT2D eigenvalue weighted by Gasteiger charge is 2.26. The molecule has 0 radical (unpaired) electrons. The van der Waals surface area contributed by atoms with Crippen LogP contribution in [0.4, 0.5) is 0 Å². The van der Waals surface area contributed by atoms with Gasteiger partial charge in [0, 0.05) is 25.2 Å². The summed E-state index contributed by atoms with van der Waals surface area (Å²) in [6.07, 6.45) is 1.96. The van der Waals surface area contributed by atoms with Crippen LogP contribution in [-0.2, 0) is 4.79 Å². The first-order valence-electron chi connectivity index (χ1n) is 5.31. The molecule has 1 aliphatic heterocycles. The molecule has 1 amide bonds. The lowest BCUT2D eigenvalue weighted by atomic mass is 9.91. The van der Waals surface area contributed by atoms with Gasteiger partial charge in [0.05, 0.1) is 6.54 Å². The number of nitrogens with two attached hydrogens (primary N) is 1. The number of likely N-dealkylation sites (N-methyl/N-ethyl adjacent to an activating group) is 1. The van der Waals surface area contributed by atoms with Crippen LogP contribution in [0.25, 0.3) is 0 Å². The minimum absolute atomic E-state index is 0. The summed E-state index contributed by atoms with van der Waals surface area (Å²) in [5, 5.41) is 2.80. The third-order valence-corrected chi connectivity index (χ3v) is 2.74. The SMILES string of the molecule is CCNC(=O)CN1CCC(C)(N)CC1.Cl. The van der Waals surface area contributed by atoms with Gasteiger partial charge in [-0.15, -0.1) is 12.4 Å². The molecule has 1 aliphatic rings. The van der Waals surface area contributed by atoms with Crippen molar-refractivity contribution in [2.45, 2.75) is 32.2 Å². The van der Waals surface area contributed by atoms with Gasteiger partial charge in [-0.05, 0) is 26.7 Å². The third kappa shape index (κ3) is 5.35. The second-order valence-corrected chi connectivity index (χ2v) is 4.38. The molecule has 15 heavy (non-hydrogen) atoms. The van der Waals surface area contributed by atoms with E-state index in [1.807, 2.05) is 6.92 Å². The molecule has 0 bridgehead atoms. The maximum absolute atomic E-state index is 11.3. The van der Waals surface area contributed by atoms with E-state index in [2.05, 4.69) is 17.1 Å². The van der Waals surface area contributed by atoms with Crippen LogP contribution in [0, 0.1) is 0 Å². The first kappa shape index (κ1) is 14.7. The molecule has 0 aromatic rings. The lowest BCUT2D eigenvalue weighted by molar-refractivity contribution is -0.122. The number of likely N-dealkylation sites (tertiary alicyclic amines) is 1. The molecule has 90 valence electrons. The number of halogens is 1. The number of amides is 1. The summed E-state index contributed by atoms with van der Waals surface area (Å²) < 4.78 is 0. The summed E-state index contributed by atoms with van der Waals surface area (Å²) in [7, 11) is 0. The van der Waals surface area contributed by atoms with Crippen molar-refractivity contribution < 1.29 is 4.79 Å². The fourth-order valence-electron chi connectivity index (χ4n) is 1.68. The van der Waals surface area contributed by atoms with Gasteiger partial charge in [-0.3, -0.25) is 9.69 Å². The Morgan fingerprint density at radius 3 is 2.47 bits per heavy atom. The van der Waals surface area contributed by atoms with Gasteiger partial charge in [-0.25, -0.2) is 0 Å². The lowest BCUT2D eigenvalue weighted by Crippen LogP contribution is -2.50. The van der Waals surface area contributed by atoms with Crippen LogP contribution >= 0.6 is 12.4 Å². The van der Waals surface area contributed by atoms with Gasteiger partial charge in [-0.1, -0.05) is 0 Å². The second-order valence-electron chi connectivity index (χ2n) is 4.38. The van der Waals surface area contributed by atoms with Crippen molar-refractivity contribution in [3.05, 3.63) is 0 Å². The molecule has 0 aromatic carbocycles. The normalized spacial score (nSPS) is 20.5. The average molecular weight is 236 g/mol. The van der Waals surface area contributed by atoms with Crippen LogP contribution in [-0.4, -0.2) is 42.5 Å². The Morgan fingerprint density at radius 1 is 1.47 bits per heavy atom. The highest BCUT2D eigenvalue weighted by Crippen LogP contribution is 2.17. The third-order valence-electron chi connectivity index (χ3n) is 2.74. The summed E-state index contributed by atoms with van der Waals surface area (Å²) in [5.74, 6) is 0.119. The topological polar surface area (TPSA) is 58.4 Å². The average Bonchev–Trinajstić information content (AvgIpc) is 2.09. The van der Waals surface area contributed by atoms with E-state index < -0.39 is 0 Å². The number of carbonyl (C=O) groups is 1. The smallest absolute Gasteiger partial charge is 0.234 e. The van der Waals surface area contributed by atoms with Crippen molar-refractivity contribution in [1.29, 1.82) is 0 Å². The van der Waals surface area contributed by atoms with E-state index in [9.17, 15) is 4.79 Å². The van der Waals surface area contributed by atoms with E-state index in [0.717, 1.165) is 25.9 Å². The molecule has 4 nitrogen and oxygen atoms in total. The molecular formula is C10H22ClN3O. The van der Waals surface area contributed by atoms with Gasteiger partial charge < -0.3 is 11.1 Å². The van der Waals surface area contributed by atoms with E-state index in [1.54, 1.807) is 0 Å². The summed E-state index contributed by atoms with van der Waals surface area (Å²) in [4.78, 5) is 13.5. The Kier molecular flexibility index (Phi) is 6.17. The van der Waals surface area contributed by atoms with Crippen molar-refractivity contribution in [2.75, 3.05) is 26.2 Å². The van der Waals surface area contributed by atoms with E-state index >= 15 is 0 Å². The maximum Gasteiger partial charge on any atom is 0.234 e. The fourth-order valence-corrected chi connectivity index (χ4v) is 1.68. The Bertz CT molecular complexity index is 199. The molecule has 0 unspecified atom stereocenters. The molecule has 0 atom stereocenters. The largest absolute Gasteiger partial charge is 0.355 e. The first-order chi connectivity index (χ1) is 6.53. The minimum Gasteiger partial charge on any atom is -0.355 e. The molecule has 1 heterocycles. The van der Waals surface area contributed by atoms with E-state index in [-0.39, 0.29) is 23.9 Å². The van der Waals surface area contributed by atoms with Gasteiger partial charge in [0.15, 0.2) is 0 Å². The van der Waals surface area contributed by atoms with Crippen molar-refractivity contribution >= 4 is 18.3 Å². The number of hydrogen-bond acceptors (Lipinski definition) is 3. The van der Waals surface area contributed by atoms with E-state index in [4.69, 9.17) is 5.73 Å². The Balaban J connectivity index is 0.00000196. The standard InChI is InChI=1S/C10H21N3O.ClH/c1-3-12-9(14)8-13-6-4-10(2,11)5-7-13;/h3-8,11H2,1-2H3,(H,12,14);1H. The highest BCUT2D eigenvalue weighted by molar-refractivity contribution is 5.85. The monoisotopic (exact) mass is 235 g/mol. The zero-order valence-electron chi connectivity index (χ0n) is 9.58. The summed E-state index contributed by atoms with van der Waals surface area (Å²) >= 11 is 0. The van der Waals surface area contributed by atoms with Crippen LogP contribution in [0.3, 0.4) is 0 Å². The zero-order valence-corrected chi connectivity index (χ0v) is 10.4. The van der Waals surface area contributed by atoms with Crippen LogP contribution in [0.5, 0.6) is 0 Å². The molecule has 0 aliphatic carbocycles. The zero-order chi connectivity index (χ0) is 10.6. The lowest BCUT2D eigenvalue weighted by Gasteiger charge is -2.36. The van der Waals surface area contributed by atoms with E-state index in [0.29, 0.717) is 13.1 Å². The van der Waals surface area contributed by atoms with Crippen molar-refractivity contribution in [2.24, 2.45) is 5.73 Å². The van der Waals surface area contributed by atoms with Gasteiger partial charge in [0.2, 0.25) is 5.91 Å². The summed E-state index contributed by atoms with van der Waals surface area (Å²) in [6, 6.07) is 0. The molecule has 0 aromatic heterocycles. The maximum atomic E-state index is 11.3. The molecule has 1 saturated heterocycles. The fraction of sp³-hybridized carbons (Fsp3) is 0.900. The Hall–Kier alpha value is -0.320. The number of nitrogens with zero attached hydrogens (tertiary/aromatic N) is 1. The molecular weight excluding hydrogens is 214 g/mol. The van der Waals surface area contributed by atoms with Crippen LogP contribution < -0.4 is 11.1 Å². The molecule has 1 rings (SSSR count). The molecule has 0 spiro atoms. The Labute approximate surface area is 98.0 Å². The van der Waals surface area contributed by atoms with Gasteiger partial charge in [0.25, 0.3) is 0 Å². The highest BCUT2D eigenvalue weighted by atomic mass is 35.5. The van der Waals surface area contributed by atoms with Crippen molar-refractivity contribution in [3.8, 4) is 0 Å². The van der Waals surface area contributed by atoms with Crippen LogP contribution in [0.2, 0.25) is 0 Å². The predicted octanol–water partition coefficient (Wildman–Crippen LogP) is 0.358. The van der Waals surface area contributed by atoms with Crippen molar-refractivity contribution in [1.82, 2.24) is 10.2 Å². The van der Waals surface area contributed by atoms with Crippen molar-refractivity contribution in [3.63, 3.8) is 0 Å². The van der Waals surface area contributed by atoms with Crippen LogP contribution in [0.15, 0.2) is 0 Å². The molecule has 5 heteroatoms. The number of rotatable bonds is 3. The quantitative estimate of drug-likeness (QED) is 0.743. The molecule has 0 saturated carbocycles. The molecule has 3 N–H and O–H groups in total. The van der Waals surface area contributed by atoms with E-state index in [1.165, 1.54) is 0 Å². The van der Waals surface area contributed by atoms with Crippen LogP contribution in [0.1, 0.15) is 26.7 Å². The van der Waals surface area contributed by atoms with Gasteiger partial charge in [0.1, 0.15) is 0 Å². The summed E-state index contributed by atoms with van der Waals surface area (Å²) in [5.41, 5.74) is 5.97. The second kappa shape index (κ2) is 6.30.